The summed E-state index contributed by atoms with van der Waals surface area (Å²) in [7, 11) is 2.71. The van der Waals surface area contributed by atoms with Crippen LogP contribution in [0, 0.1) is 0 Å². The lowest BCUT2D eigenvalue weighted by Gasteiger charge is -2.28. The Balaban J connectivity index is 2.26. The second-order valence-corrected chi connectivity index (χ2v) is 8.10. The number of esters is 1. The van der Waals surface area contributed by atoms with E-state index in [-0.39, 0.29) is 6.61 Å². The van der Waals surface area contributed by atoms with Gasteiger partial charge in [0.15, 0.2) is 6.04 Å². The minimum Gasteiger partial charge on any atom is -0.497 e. The molecule has 2 aromatic carbocycles. The van der Waals surface area contributed by atoms with Crippen LogP contribution in [0.25, 0.3) is 0 Å². The van der Waals surface area contributed by atoms with E-state index in [1.54, 1.807) is 57.2 Å². The predicted octanol–water partition coefficient (Wildman–Crippen LogP) is 3.73. The largest absolute Gasteiger partial charge is 0.497 e. The number of carbonyl (C=O) groups excluding carboxylic acids is 3. The molecule has 0 saturated carbocycles. The molecule has 2 N–H and O–H groups in total. The quantitative estimate of drug-likeness (QED) is 0.458. The molecule has 0 bridgehead atoms. The number of carbonyl (C=O) groups is 3. The normalized spacial score (nSPS) is 12.6. The summed E-state index contributed by atoms with van der Waals surface area (Å²) in [6.45, 7) is 5.15. The lowest BCUT2D eigenvalue weighted by molar-refractivity contribution is -0.143. The van der Waals surface area contributed by atoms with Crippen molar-refractivity contribution in [2.45, 2.75) is 45.1 Å². The number of nitrogens with one attached hydrogen (secondary N) is 2. The van der Waals surface area contributed by atoms with Crippen molar-refractivity contribution >= 4 is 18.2 Å². The van der Waals surface area contributed by atoms with E-state index in [2.05, 4.69) is 10.6 Å². The van der Waals surface area contributed by atoms with Crippen molar-refractivity contribution in [3.8, 4) is 5.75 Å². The fraction of sp³-hybridized carbons (Fsp3) is 0.375. The third kappa shape index (κ3) is 8.36. The molecule has 2 aromatic rings. The van der Waals surface area contributed by atoms with Gasteiger partial charge in [-0.25, -0.2) is 14.4 Å². The van der Waals surface area contributed by atoms with E-state index in [1.807, 2.05) is 18.2 Å². The van der Waals surface area contributed by atoms with Gasteiger partial charge in [0, 0.05) is 0 Å². The van der Waals surface area contributed by atoms with Crippen LogP contribution in [0.15, 0.2) is 54.6 Å². The van der Waals surface area contributed by atoms with E-state index in [1.165, 1.54) is 14.2 Å². The van der Waals surface area contributed by atoms with Gasteiger partial charge in [0.2, 0.25) is 0 Å². The van der Waals surface area contributed by atoms with Gasteiger partial charge in [-0.05, 0) is 44.0 Å². The third-order valence-corrected chi connectivity index (χ3v) is 4.42. The fourth-order valence-corrected chi connectivity index (χ4v) is 2.90. The third-order valence-electron chi connectivity index (χ3n) is 4.42. The first-order valence-corrected chi connectivity index (χ1v) is 10.3. The molecule has 2 rings (SSSR count). The molecule has 2 atom stereocenters. The molecule has 0 saturated heterocycles. The number of benzene rings is 2. The van der Waals surface area contributed by atoms with Crippen LogP contribution in [0.3, 0.4) is 0 Å². The van der Waals surface area contributed by atoms with Crippen LogP contribution in [0.4, 0.5) is 9.59 Å². The average Bonchev–Trinajstić information content (AvgIpc) is 2.79. The van der Waals surface area contributed by atoms with E-state index in [0.717, 1.165) is 5.56 Å². The molecule has 0 aliphatic carbocycles. The lowest BCUT2D eigenvalue weighted by Crippen LogP contribution is -2.51. The molecule has 0 aliphatic rings. The molecule has 0 heterocycles. The van der Waals surface area contributed by atoms with Gasteiger partial charge < -0.3 is 29.6 Å². The van der Waals surface area contributed by atoms with Crippen LogP contribution in [0.5, 0.6) is 5.75 Å². The van der Waals surface area contributed by atoms with Crippen molar-refractivity contribution in [2.75, 3.05) is 14.2 Å². The monoisotopic (exact) mass is 458 g/mol. The first kappa shape index (κ1) is 25.5. The minimum atomic E-state index is -1.29. The molecule has 9 heteroatoms. The SMILES string of the molecule is COC(=O)[C@H](NC(=O)OCc1ccccc1)[C@@H](NC(=O)OC(C)(C)C)c1ccc(OC)cc1. The predicted molar refractivity (Wildman–Crippen MR) is 121 cm³/mol. The average molecular weight is 459 g/mol. The highest BCUT2D eigenvalue weighted by molar-refractivity contribution is 5.83. The molecule has 0 radical (unpaired) electrons. The molecule has 0 unspecified atom stereocenters. The van der Waals surface area contributed by atoms with Crippen molar-refractivity contribution in [1.29, 1.82) is 0 Å². The summed E-state index contributed by atoms with van der Waals surface area (Å²) in [6, 6.07) is 13.4. The van der Waals surface area contributed by atoms with Crippen molar-refractivity contribution in [1.82, 2.24) is 10.6 Å². The number of ether oxygens (including phenoxy) is 4. The van der Waals surface area contributed by atoms with Crippen LogP contribution in [0.2, 0.25) is 0 Å². The molecular weight excluding hydrogens is 428 g/mol. The Labute approximate surface area is 193 Å². The lowest BCUT2D eigenvalue weighted by atomic mass is 9.99. The van der Waals surface area contributed by atoms with Gasteiger partial charge in [0.05, 0.1) is 20.3 Å². The molecule has 0 aromatic heterocycles. The highest BCUT2D eigenvalue weighted by atomic mass is 16.6. The summed E-state index contributed by atoms with van der Waals surface area (Å²) in [4.78, 5) is 37.6. The van der Waals surface area contributed by atoms with Crippen molar-refractivity contribution in [3.05, 3.63) is 65.7 Å². The van der Waals surface area contributed by atoms with E-state index >= 15 is 0 Å². The van der Waals surface area contributed by atoms with Gasteiger partial charge in [-0.15, -0.1) is 0 Å². The maximum Gasteiger partial charge on any atom is 0.408 e. The molecular formula is C24H30N2O7. The molecule has 2 amide bonds. The highest BCUT2D eigenvalue weighted by Crippen LogP contribution is 2.22. The van der Waals surface area contributed by atoms with E-state index in [0.29, 0.717) is 11.3 Å². The van der Waals surface area contributed by atoms with Crippen LogP contribution in [-0.2, 0) is 25.6 Å². The molecule has 0 spiro atoms. The Morgan fingerprint density at radius 2 is 1.52 bits per heavy atom. The summed E-state index contributed by atoms with van der Waals surface area (Å²) in [5.74, 6) is -0.192. The van der Waals surface area contributed by atoms with Crippen molar-refractivity contribution < 1.29 is 33.3 Å². The Hall–Kier alpha value is -3.75. The van der Waals surface area contributed by atoms with Gasteiger partial charge in [-0.1, -0.05) is 42.5 Å². The van der Waals surface area contributed by atoms with E-state index in [4.69, 9.17) is 18.9 Å². The highest BCUT2D eigenvalue weighted by Gasteiger charge is 2.35. The fourth-order valence-electron chi connectivity index (χ4n) is 2.90. The summed E-state index contributed by atoms with van der Waals surface area (Å²) < 4.78 is 20.6. The Morgan fingerprint density at radius 3 is 2.06 bits per heavy atom. The van der Waals surface area contributed by atoms with Crippen molar-refractivity contribution in [2.24, 2.45) is 0 Å². The minimum absolute atomic E-state index is 0.00721. The zero-order valence-corrected chi connectivity index (χ0v) is 19.4. The Morgan fingerprint density at radius 1 is 0.879 bits per heavy atom. The molecule has 33 heavy (non-hydrogen) atoms. The maximum absolute atomic E-state index is 12.6. The molecule has 9 nitrogen and oxygen atoms in total. The topological polar surface area (TPSA) is 112 Å². The van der Waals surface area contributed by atoms with Crippen LogP contribution < -0.4 is 15.4 Å². The summed E-state index contributed by atoms with van der Waals surface area (Å²) in [5, 5.41) is 5.14. The second-order valence-electron chi connectivity index (χ2n) is 8.10. The van der Waals surface area contributed by atoms with Crippen LogP contribution in [-0.4, -0.2) is 44.0 Å². The second kappa shape index (κ2) is 11.8. The Kier molecular flexibility index (Phi) is 9.08. The number of methoxy groups -OCH3 is 2. The van der Waals surface area contributed by atoms with Crippen LogP contribution in [0.1, 0.15) is 37.9 Å². The number of amides is 2. The smallest absolute Gasteiger partial charge is 0.408 e. The number of hydrogen-bond acceptors (Lipinski definition) is 7. The van der Waals surface area contributed by atoms with E-state index < -0.39 is 35.8 Å². The first-order valence-electron chi connectivity index (χ1n) is 10.3. The van der Waals surface area contributed by atoms with Gasteiger partial charge in [-0.2, -0.15) is 0 Å². The number of hydrogen-bond donors (Lipinski definition) is 2. The van der Waals surface area contributed by atoms with Gasteiger partial charge in [0.1, 0.15) is 18.0 Å². The van der Waals surface area contributed by atoms with Gasteiger partial charge >= 0.3 is 18.2 Å². The molecule has 0 fully saturated rings. The maximum atomic E-state index is 12.6. The first-order chi connectivity index (χ1) is 15.6. The zero-order chi connectivity index (χ0) is 24.4. The molecule has 0 aliphatic heterocycles. The summed E-state index contributed by atoms with van der Waals surface area (Å²) in [5.41, 5.74) is 0.526. The summed E-state index contributed by atoms with van der Waals surface area (Å²) in [6.07, 6.45) is -1.62. The summed E-state index contributed by atoms with van der Waals surface area (Å²) >= 11 is 0. The standard InChI is InChI=1S/C24H30N2O7/c1-24(2,3)33-23(29)25-19(17-11-13-18(30-4)14-12-17)20(21(27)31-5)26-22(28)32-15-16-9-7-6-8-10-16/h6-14,19-20H,15H2,1-5H3,(H,25,29)(H,26,28)/t19-,20+/m0/s1. The Bertz CT molecular complexity index is 924. The molecule has 178 valence electrons. The van der Waals surface area contributed by atoms with Gasteiger partial charge in [-0.3, -0.25) is 0 Å². The van der Waals surface area contributed by atoms with Crippen molar-refractivity contribution in [3.63, 3.8) is 0 Å². The number of rotatable bonds is 8. The van der Waals surface area contributed by atoms with Crippen LogP contribution >= 0.6 is 0 Å². The zero-order valence-electron chi connectivity index (χ0n) is 19.4. The number of alkyl carbamates (subject to hydrolysis) is 2. The van der Waals surface area contributed by atoms with E-state index in [9.17, 15) is 14.4 Å². The van der Waals surface area contributed by atoms with Gasteiger partial charge in [0.25, 0.3) is 0 Å².